The molecule has 1 aromatic carbocycles. The first-order chi connectivity index (χ1) is 18.8. The molecule has 3 aliphatic rings. The zero-order chi connectivity index (χ0) is 28.3. The first kappa shape index (κ1) is 29.3. The largest absolute Gasteiger partial charge is 0.493 e. The van der Waals surface area contributed by atoms with Gasteiger partial charge in [0.25, 0.3) is 0 Å². The molecule has 0 saturated carbocycles. The molecular weight excluding hydrogens is 514 g/mol. The lowest BCUT2D eigenvalue weighted by molar-refractivity contribution is -0.700. The molecule has 0 bridgehead atoms. The molecule has 216 valence electrons. The average Bonchev–Trinajstić information content (AvgIpc) is 2.96. The third-order valence-electron chi connectivity index (χ3n) is 7.74. The van der Waals surface area contributed by atoms with Crippen LogP contribution in [0.2, 0.25) is 0 Å². The highest BCUT2D eigenvalue weighted by atomic mass is 16.8. The van der Waals surface area contributed by atoms with Gasteiger partial charge in [0.15, 0.2) is 17.8 Å². The third-order valence-corrected chi connectivity index (χ3v) is 7.74. The maximum absolute atomic E-state index is 12.8. The number of benzene rings is 1. The Morgan fingerprint density at radius 1 is 1.10 bits per heavy atom. The van der Waals surface area contributed by atoms with E-state index in [0.717, 1.165) is 24.1 Å². The van der Waals surface area contributed by atoms with Crippen LogP contribution in [0.15, 0.2) is 36.6 Å². The van der Waals surface area contributed by atoms with Crippen LogP contribution in [0.1, 0.15) is 23.6 Å². The molecule has 1 fully saturated rings. The zero-order valence-corrected chi connectivity index (χ0v) is 22.3. The molecule has 1 saturated heterocycles. The molecule has 0 amide bonds. The second kappa shape index (κ2) is 12.6. The van der Waals surface area contributed by atoms with Crippen LogP contribution >= 0.6 is 0 Å². The van der Waals surface area contributed by atoms with Gasteiger partial charge in [-0.15, -0.1) is 6.58 Å². The van der Waals surface area contributed by atoms with Crippen molar-refractivity contribution in [3.63, 3.8) is 0 Å². The molecule has 0 unspecified atom stereocenters. The predicted octanol–water partition coefficient (Wildman–Crippen LogP) is -1.10. The number of rotatable bonds is 9. The Morgan fingerprint density at radius 3 is 2.46 bits per heavy atom. The highest BCUT2D eigenvalue weighted by Crippen LogP contribution is 2.41. The van der Waals surface area contributed by atoms with Crippen molar-refractivity contribution in [1.82, 2.24) is 0 Å². The van der Waals surface area contributed by atoms with E-state index < -0.39 is 61.4 Å². The number of esters is 1. The van der Waals surface area contributed by atoms with Crippen LogP contribution in [0.25, 0.3) is 0 Å². The number of hydrogen-bond donors (Lipinski definition) is 5. The first-order valence-corrected chi connectivity index (χ1v) is 12.9. The first-order valence-electron chi connectivity index (χ1n) is 12.9. The monoisotopic (exact) mass is 552 g/mol. The summed E-state index contributed by atoms with van der Waals surface area (Å²) in [6.45, 7) is 4.18. The number of aliphatic hydroxyl groups excluding tert-OH is 4. The van der Waals surface area contributed by atoms with Crippen LogP contribution in [0.4, 0.5) is 0 Å². The highest BCUT2D eigenvalue weighted by Gasteiger charge is 2.48. The van der Waals surface area contributed by atoms with Crippen LogP contribution in [-0.4, -0.2) is 97.9 Å². The van der Waals surface area contributed by atoms with E-state index in [1.807, 2.05) is 12.1 Å². The molecule has 0 aliphatic carbocycles. The zero-order valence-electron chi connectivity index (χ0n) is 22.3. The van der Waals surface area contributed by atoms with Gasteiger partial charge < -0.3 is 54.2 Å². The summed E-state index contributed by atoms with van der Waals surface area (Å²) in [5.74, 6) is -0.345. The van der Waals surface area contributed by atoms with E-state index >= 15 is 0 Å². The van der Waals surface area contributed by atoms with Gasteiger partial charge in [0.05, 0.1) is 46.3 Å². The topological polar surface area (TPSA) is 170 Å². The Balaban J connectivity index is 1.63. The van der Waals surface area contributed by atoms with Crippen LogP contribution in [0.3, 0.4) is 0 Å². The molecule has 9 atom stereocenters. The molecule has 3 heterocycles. The van der Waals surface area contributed by atoms with Gasteiger partial charge in [0.1, 0.15) is 30.5 Å². The quantitative estimate of drug-likeness (QED) is 0.186. The van der Waals surface area contributed by atoms with Gasteiger partial charge in [-0.2, -0.15) is 0 Å². The molecule has 4 rings (SSSR count). The minimum Gasteiger partial charge on any atom is -0.493 e. The Kier molecular flexibility index (Phi) is 9.49. The second-order valence-corrected chi connectivity index (χ2v) is 9.84. The number of aliphatic hydroxyl groups is 4. The van der Waals surface area contributed by atoms with Crippen LogP contribution in [0, 0.1) is 11.8 Å². The standard InChI is InChI=1S/C27H37NO11/c1-5-14-16(9-18-15-10-20(35-3)19(34-2)8-13(15)6-7-28-18)17(25(33)36-4)12-37-26(14)39-27-24(32)23(31)22(30)21(11-29)38-27/h5,8,10,12,14,16,18,21-24,26-32H,1,6-7,9,11H2,2-4H3/p+1/t14-,16+,18+,21-,22-,23+,24-,26+,27+/m1/s1. The normalized spacial score (nSPS) is 34.2. The summed E-state index contributed by atoms with van der Waals surface area (Å²) in [4.78, 5) is 12.8. The number of quaternary nitrogens is 1. The Labute approximate surface area is 226 Å². The van der Waals surface area contributed by atoms with Crippen molar-refractivity contribution in [3.05, 3.63) is 47.7 Å². The predicted molar refractivity (Wildman–Crippen MR) is 134 cm³/mol. The van der Waals surface area contributed by atoms with Crippen molar-refractivity contribution in [2.24, 2.45) is 11.8 Å². The summed E-state index contributed by atoms with van der Waals surface area (Å²) < 4.78 is 33.2. The molecule has 3 aliphatic heterocycles. The fourth-order valence-electron chi connectivity index (χ4n) is 5.59. The molecular formula is C27H38NO11+. The minimum absolute atomic E-state index is 0.0555. The van der Waals surface area contributed by atoms with Crippen molar-refractivity contribution in [1.29, 1.82) is 0 Å². The average molecular weight is 553 g/mol. The van der Waals surface area contributed by atoms with Crippen molar-refractivity contribution in [2.45, 2.75) is 55.9 Å². The summed E-state index contributed by atoms with van der Waals surface area (Å²) in [7, 11) is 4.46. The van der Waals surface area contributed by atoms with E-state index in [1.54, 1.807) is 20.3 Å². The molecule has 1 aromatic rings. The minimum atomic E-state index is -1.61. The number of methoxy groups -OCH3 is 3. The van der Waals surface area contributed by atoms with Crippen LogP contribution < -0.4 is 14.8 Å². The maximum Gasteiger partial charge on any atom is 0.337 e. The maximum atomic E-state index is 12.8. The lowest BCUT2D eigenvalue weighted by Crippen LogP contribution is -2.87. The van der Waals surface area contributed by atoms with Gasteiger partial charge in [-0.1, -0.05) is 6.08 Å². The lowest BCUT2D eigenvalue weighted by atomic mass is 9.77. The van der Waals surface area contributed by atoms with Crippen LogP contribution in [-0.2, 0) is 30.2 Å². The molecule has 0 aromatic heterocycles. The lowest BCUT2D eigenvalue weighted by Gasteiger charge is -2.43. The fourth-order valence-corrected chi connectivity index (χ4v) is 5.59. The van der Waals surface area contributed by atoms with Crippen molar-refractivity contribution in [3.8, 4) is 11.5 Å². The smallest absolute Gasteiger partial charge is 0.337 e. The molecule has 12 nitrogen and oxygen atoms in total. The van der Waals surface area contributed by atoms with Crippen LogP contribution in [0.5, 0.6) is 11.5 Å². The summed E-state index contributed by atoms with van der Waals surface area (Å²) in [5.41, 5.74) is 2.49. The Morgan fingerprint density at radius 2 is 1.82 bits per heavy atom. The molecule has 6 N–H and O–H groups in total. The molecule has 0 spiro atoms. The Hall–Kier alpha value is -2.71. The fraction of sp³-hybridized carbons (Fsp3) is 0.593. The third kappa shape index (κ3) is 5.78. The van der Waals surface area contributed by atoms with Gasteiger partial charge in [-0.05, 0) is 17.7 Å². The van der Waals surface area contributed by atoms with Gasteiger partial charge in [0.2, 0.25) is 6.29 Å². The Bertz CT molecular complexity index is 1060. The van der Waals surface area contributed by atoms with E-state index in [4.69, 9.17) is 28.4 Å². The summed E-state index contributed by atoms with van der Waals surface area (Å²) in [6.07, 6.45) is -4.15. The SMILES string of the molecule is C=C[C@H]1[C@H](O[C@@H]2O[C@H](CO)[C@@H](O)[C@H](O)[C@H]2O)OC=C(C(=O)OC)[C@H]1C[C@@H]1[NH2+]CCc2cc(OC)c(OC)cc21. The van der Waals surface area contributed by atoms with E-state index in [0.29, 0.717) is 23.5 Å². The highest BCUT2D eigenvalue weighted by molar-refractivity contribution is 5.89. The van der Waals surface area contributed by atoms with E-state index in [-0.39, 0.29) is 6.04 Å². The summed E-state index contributed by atoms with van der Waals surface area (Å²) >= 11 is 0. The van der Waals surface area contributed by atoms with Crippen molar-refractivity contribution in [2.75, 3.05) is 34.5 Å². The number of ether oxygens (including phenoxy) is 6. The molecule has 0 radical (unpaired) electrons. The molecule has 39 heavy (non-hydrogen) atoms. The number of carbonyl (C=O) groups is 1. The van der Waals surface area contributed by atoms with Crippen molar-refractivity contribution >= 4 is 5.97 Å². The van der Waals surface area contributed by atoms with E-state index in [9.17, 15) is 25.2 Å². The van der Waals surface area contributed by atoms with E-state index in [2.05, 4.69) is 11.9 Å². The van der Waals surface area contributed by atoms with Gasteiger partial charge in [-0.3, -0.25) is 0 Å². The van der Waals surface area contributed by atoms with E-state index in [1.165, 1.54) is 13.4 Å². The number of nitrogens with two attached hydrogens (primary N) is 1. The van der Waals surface area contributed by atoms with Crippen molar-refractivity contribution < 1.29 is 59.0 Å². The van der Waals surface area contributed by atoms with Gasteiger partial charge in [0, 0.05) is 30.2 Å². The van der Waals surface area contributed by atoms with Gasteiger partial charge in [-0.25, -0.2) is 4.79 Å². The summed E-state index contributed by atoms with van der Waals surface area (Å²) in [5, 5.41) is 42.5. The summed E-state index contributed by atoms with van der Waals surface area (Å²) in [6, 6.07) is 3.88. The molecule has 12 heteroatoms. The number of hydrogen-bond acceptors (Lipinski definition) is 11. The second-order valence-electron chi connectivity index (χ2n) is 9.84. The van der Waals surface area contributed by atoms with Gasteiger partial charge >= 0.3 is 5.97 Å². The number of fused-ring (bicyclic) bond motifs is 1. The number of carbonyl (C=O) groups excluding carboxylic acids is 1.